The number of hydrogen-bond acceptors (Lipinski definition) is 3. The quantitative estimate of drug-likeness (QED) is 0.660. The molecule has 0 aliphatic carbocycles. The van der Waals surface area contributed by atoms with E-state index in [0.717, 1.165) is 10.4 Å². The van der Waals surface area contributed by atoms with E-state index in [1.807, 2.05) is 0 Å². The number of benzene rings is 2. The van der Waals surface area contributed by atoms with Gasteiger partial charge in [0.2, 0.25) is 5.24 Å². The van der Waals surface area contributed by atoms with Crippen molar-refractivity contribution in [2.75, 3.05) is 10.8 Å². The van der Waals surface area contributed by atoms with Crippen molar-refractivity contribution in [3.8, 4) is 0 Å². The van der Waals surface area contributed by atoms with Gasteiger partial charge in [-0.3, -0.25) is 9.10 Å². The molecule has 2 aromatic rings. The first-order chi connectivity index (χ1) is 11.2. The number of anilines is 1. The maximum Gasteiger partial charge on any atom is 0.264 e. The van der Waals surface area contributed by atoms with E-state index >= 15 is 0 Å². The van der Waals surface area contributed by atoms with Gasteiger partial charge < -0.3 is 0 Å². The molecule has 0 spiro atoms. The van der Waals surface area contributed by atoms with Gasteiger partial charge in [0.25, 0.3) is 10.0 Å². The van der Waals surface area contributed by atoms with Gasteiger partial charge in [-0.1, -0.05) is 23.2 Å². The fourth-order valence-electron chi connectivity index (χ4n) is 1.97. The molecule has 0 radical (unpaired) electrons. The predicted octanol–water partition coefficient (Wildman–Crippen LogP) is 4.48. The van der Waals surface area contributed by atoms with Gasteiger partial charge in [-0.25, -0.2) is 12.8 Å². The van der Waals surface area contributed by atoms with Crippen molar-refractivity contribution in [1.82, 2.24) is 0 Å². The molecular weight excluding hydrogens is 400 g/mol. The highest BCUT2D eigenvalue weighted by molar-refractivity contribution is 7.92. The first kappa shape index (κ1) is 19.0. The minimum atomic E-state index is -4.14. The Labute approximate surface area is 153 Å². The van der Waals surface area contributed by atoms with E-state index in [9.17, 15) is 17.6 Å². The lowest BCUT2D eigenvalue weighted by molar-refractivity contribution is -0.111. The number of sulfonamides is 1. The molecule has 0 atom stereocenters. The molecule has 0 heterocycles. The van der Waals surface area contributed by atoms with Crippen LogP contribution in [0.5, 0.6) is 0 Å². The standard InChI is InChI=1S/C15H11Cl3FNO3S/c16-10-1-4-12(5-2-10)24(22,23)20(8-7-15(18)21)14-9-11(17)3-6-13(14)19/h1-6,9H,7-8H2. The van der Waals surface area contributed by atoms with Crippen LogP contribution in [0.1, 0.15) is 6.42 Å². The molecule has 0 bridgehead atoms. The van der Waals surface area contributed by atoms with E-state index in [1.165, 1.54) is 36.4 Å². The zero-order valence-electron chi connectivity index (χ0n) is 12.0. The van der Waals surface area contributed by atoms with Crippen molar-refractivity contribution in [2.24, 2.45) is 0 Å². The molecule has 2 aromatic carbocycles. The van der Waals surface area contributed by atoms with Gasteiger partial charge >= 0.3 is 0 Å². The van der Waals surface area contributed by atoms with Gasteiger partial charge in [0.15, 0.2) is 0 Å². The second kappa shape index (κ2) is 7.70. The van der Waals surface area contributed by atoms with Crippen molar-refractivity contribution >= 4 is 55.8 Å². The Bertz CT molecular complexity index is 857. The lowest BCUT2D eigenvalue weighted by Gasteiger charge is -2.24. The van der Waals surface area contributed by atoms with Gasteiger partial charge in [0.05, 0.1) is 10.6 Å². The maximum atomic E-state index is 14.2. The van der Waals surface area contributed by atoms with Crippen molar-refractivity contribution in [3.63, 3.8) is 0 Å². The van der Waals surface area contributed by atoms with Gasteiger partial charge in [-0.2, -0.15) is 0 Å². The highest BCUT2D eigenvalue weighted by Gasteiger charge is 2.27. The van der Waals surface area contributed by atoms with E-state index in [0.29, 0.717) is 5.02 Å². The number of hydrogen-bond donors (Lipinski definition) is 0. The molecule has 0 N–H and O–H groups in total. The predicted molar refractivity (Wildman–Crippen MR) is 92.9 cm³/mol. The average Bonchev–Trinajstić information content (AvgIpc) is 2.50. The van der Waals surface area contributed by atoms with Crippen LogP contribution in [0.25, 0.3) is 0 Å². The van der Waals surface area contributed by atoms with Crippen LogP contribution in [0.4, 0.5) is 10.1 Å². The van der Waals surface area contributed by atoms with E-state index in [-0.39, 0.29) is 28.6 Å². The Morgan fingerprint density at radius 1 is 1.04 bits per heavy atom. The zero-order chi connectivity index (χ0) is 17.9. The number of carbonyl (C=O) groups excluding carboxylic acids is 1. The minimum Gasteiger partial charge on any atom is -0.281 e. The molecule has 0 fully saturated rings. The van der Waals surface area contributed by atoms with Crippen LogP contribution in [0.3, 0.4) is 0 Å². The smallest absolute Gasteiger partial charge is 0.264 e. The Morgan fingerprint density at radius 2 is 1.62 bits per heavy atom. The normalized spacial score (nSPS) is 11.3. The minimum absolute atomic E-state index is 0.103. The molecule has 0 unspecified atom stereocenters. The zero-order valence-corrected chi connectivity index (χ0v) is 15.1. The number of carbonyl (C=O) groups is 1. The molecule has 0 saturated heterocycles. The highest BCUT2D eigenvalue weighted by atomic mass is 35.5. The monoisotopic (exact) mass is 409 g/mol. The maximum absolute atomic E-state index is 14.2. The third-order valence-corrected chi connectivity index (χ3v) is 5.59. The van der Waals surface area contributed by atoms with E-state index < -0.39 is 21.1 Å². The topological polar surface area (TPSA) is 54.5 Å². The van der Waals surface area contributed by atoms with E-state index in [2.05, 4.69) is 0 Å². The number of halogens is 4. The summed E-state index contributed by atoms with van der Waals surface area (Å²) in [5.74, 6) is -0.793. The third kappa shape index (κ3) is 4.39. The Kier molecular flexibility index (Phi) is 6.09. The highest BCUT2D eigenvalue weighted by Crippen LogP contribution is 2.29. The van der Waals surface area contributed by atoms with Gasteiger partial charge in [-0.15, -0.1) is 0 Å². The third-order valence-electron chi connectivity index (χ3n) is 3.09. The number of nitrogens with zero attached hydrogens (tertiary/aromatic N) is 1. The van der Waals surface area contributed by atoms with E-state index in [1.54, 1.807) is 0 Å². The number of rotatable bonds is 6. The summed E-state index contributed by atoms with van der Waals surface area (Å²) in [6, 6.07) is 8.88. The van der Waals surface area contributed by atoms with Crippen LogP contribution in [0, 0.1) is 5.82 Å². The average molecular weight is 411 g/mol. The first-order valence-electron chi connectivity index (χ1n) is 6.63. The van der Waals surface area contributed by atoms with Gasteiger partial charge in [0.1, 0.15) is 5.82 Å². The summed E-state index contributed by atoms with van der Waals surface area (Å²) >= 11 is 16.9. The lowest BCUT2D eigenvalue weighted by atomic mass is 10.3. The molecule has 9 heteroatoms. The first-order valence-corrected chi connectivity index (χ1v) is 9.21. The summed E-state index contributed by atoms with van der Waals surface area (Å²) in [5, 5.41) is -0.237. The summed E-state index contributed by atoms with van der Waals surface area (Å²) in [6.07, 6.45) is -0.291. The molecule has 0 amide bonds. The molecule has 0 aliphatic heterocycles. The fraction of sp³-hybridized carbons (Fsp3) is 0.133. The summed E-state index contributed by atoms with van der Waals surface area (Å²) in [6.45, 7) is -0.329. The van der Waals surface area contributed by atoms with Gasteiger partial charge in [0, 0.05) is 23.0 Å². The SMILES string of the molecule is O=C(Cl)CCN(c1cc(Cl)ccc1F)S(=O)(=O)c1ccc(Cl)cc1. The summed E-state index contributed by atoms with van der Waals surface area (Å²) < 4.78 is 40.6. The second-order valence-corrected chi connectivity index (χ2v) is 7.89. The van der Waals surface area contributed by atoms with Crippen LogP contribution in [0.2, 0.25) is 10.0 Å². The molecule has 0 aromatic heterocycles. The summed E-state index contributed by atoms with van der Waals surface area (Å²) in [4.78, 5) is 10.9. The molecular formula is C15H11Cl3FNO3S. The Morgan fingerprint density at radius 3 is 2.21 bits per heavy atom. The Balaban J connectivity index is 2.54. The lowest BCUT2D eigenvalue weighted by Crippen LogP contribution is -2.33. The molecule has 0 aliphatic rings. The Hall–Kier alpha value is -1.34. The summed E-state index contributed by atoms with van der Waals surface area (Å²) in [7, 11) is -4.14. The molecule has 0 saturated carbocycles. The fourth-order valence-corrected chi connectivity index (χ4v) is 3.81. The molecule has 4 nitrogen and oxygen atoms in total. The van der Waals surface area contributed by atoms with Crippen LogP contribution in [-0.2, 0) is 14.8 Å². The van der Waals surface area contributed by atoms with Crippen LogP contribution in [-0.4, -0.2) is 20.2 Å². The second-order valence-electron chi connectivity index (χ2n) is 4.73. The largest absolute Gasteiger partial charge is 0.281 e. The van der Waals surface area contributed by atoms with Crippen molar-refractivity contribution in [3.05, 3.63) is 58.3 Å². The van der Waals surface area contributed by atoms with Gasteiger partial charge in [-0.05, 0) is 54.1 Å². The van der Waals surface area contributed by atoms with Crippen molar-refractivity contribution in [2.45, 2.75) is 11.3 Å². The molecule has 24 heavy (non-hydrogen) atoms. The molecule has 128 valence electrons. The van der Waals surface area contributed by atoms with E-state index in [4.69, 9.17) is 34.8 Å². The molecule has 2 rings (SSSR count). The van der Waals surface area contributed by atoms with Crippen LogP contribution in [0.15, 0.2) is 47.4 Å². The van der Waals surface area contributed by atoms with Crippen molar-refractivity contribution < 1.29 is 17.6 Å². The van der Waals surface area contributed by atoms with Crippen LogP contribution < -0.4 is 4.31 Å². The van der Waals surface area contributed by atoms with Crippen molar-refractivity contribution in [1.29, 1.82) is 0 Å². The summed E-state index contributed by atoms with van der Waals surface area (Å²) in [5.41, 5.74) is -0.268. The van der Waals surface area contributed by atoms with Crippen LogP contribution >= 0.6 is 34.8 Å².